The van der Waals surface area contributed by atoms with E-state index in [1.165, 1.54) is 60.2 Å². The molecule has 0 saturated carbocycles. The fourth-order valence-corrected chi connectivity index (χ4v) is 10.7. The molecule has 1 aliphatic carbocycles. The number of para-hydroxylation sites is 1. The molecule has 0 radical (unpaired) electrons. The number of rotatable bonds is 6. The van der Waals surface area contributed by atoms with E-state index in [9.17, 15) is 9.90 Å². The molecule has 3 aromatic rings. The Hall–Kier alpha value is -3.26. The van der Waals surface area contributed by atoms with Gasteiger partial charge >= 0.3 is 5.97 Å². The van der Waals surface area contributed by atoms with Gasteiger partial charge in [0, 0.05) is 53.5 Å². The second-order valence-corrected chi connectivity index (χ2v) is 15.5. The van der Waals surface area contributed by atoms with Gasteiger partial charge in [0.2, 0.25) is 0 Å². The number of piperidine rings is 1. The van der Waals surface area contributed by atoms with Gasteiger partial charge < -0.3 is 19.3 Å². The van der Waals surface area contributed by atoms with Crippen LogP contribution in [0.3, 0.4) is 0 Å². The van der Waals surface area contributed by atoms with Gasteiger partial charge in [-0.1, -0.05) is 42.5 Å². The van der Waals surface area contributed by atoms with E-state index >= 15 is 0 Å². The number of nitrogens with zero attached hydrogens (tertiary/aromatic N) is 4. The van der Waals surface area contributed by atoms with Crippen molar-refractivity contribution in [2.75, 3.05) is 33.3 Å². The molecule has 49 heavy (non-hydrogen) atoms. The molecule has 8 rings (SSSR count). The van der Waals surface area contributed by atoms with E-state index in [4.69, 9.17) is 9.72 Å². The highest BCUT2D eigenvalue weighted by atomic mass is 16.5. The first-order chi connectivity index (χ1) is 24.0. The first-order valence-electron chi connectivity index (χ1n) is 19.2. The van der Waals surface area contributed by atoms with Crippen LogP contribution in [0, 0.1) is 11.3 Å². The molecule has 2 saturated heterocycles. The van der Waals surface area contributed by atoms with Crippen molar-refractivity contribution in [1.82, 2.24) is 19.4 Å². The third kappa shape index (κ3) is 5.90. The lowest BCUT2D eigenvalue weighted by molar-refractivity contribution is -0.140. The fraction of sp³-hybridized carbons (Fsp3) is 0.571. The summed E-state index contributed by atoms with van der Waals surface area (Å²) in [5.74, 6) is 0.169. The number of esters is 1. The van der Waals surface area contributed by atoms with E-state index < -0.39 is 5.60 Å². The highest BCUT2D eigenvalue weighted by Gasteiger charge is 2.65. The summed E-state index contributed by atoms with van der Waals surface area (Å²) in [5, 5.41) is 15.8. The SMILES string of the molecule is COC(=O)CCCCn1c2ccccc2c2ccnc(C3=C[C@@]4(O)CC/C=C\CCCCN5CC[C@@H]3[C@]3(C[C@@H]6/C=C\CCCCN6[C@H]34)C5)c21. The molecule has 6 heterocycles. The van der Waals surface area contributed by atoms with E-state index in [1.807, 2.05) is 6.20 Å². The standard InChI is InChI=1S/C42H54N4O3/c1-49-37(47)19-11-15-26-46-36-18-10-9-17-32(36)33-20-23-43-38(39(33)46)34-29-42(48)22-12-5-2-3-6-13-24-44-27-21-35(34)41(30-44)28-31-16-8-4-7-14-25-45(31)40(41)42/h2,5,8-10,16-18,20,23,29,31,35,40,48H,3-4,6-7,11-15,19,21-22,24-28,30H2,1H3/b5-2-,16-8-/t31-,35-,40+,41-,42-/m0/s1. The van der Waals surface area contributed by atoms with Crippen LogP contribution in [-0.2, 0) is 16.1 Å². The lowest BCUT2D eigenvalue weighted by Gasteiger charge is -2.58. The zero-order chi connectivity index (χ0) is 33.4. The van der Waals surface area contributed by atoms with Crippen LogP contribution in [0.25, 0.3) is 27.4 Å². The number of aliphatic hydroxyl groups is 1. The van der Waals surface area contributed by atoms with E-state index in [2.05, 4.69) is 75.1 Å². The number of carbonyl (C=O) groups excluding carboxylic acids is 1. The number of aromatic nitrogens is 2. The lowest BCUT2D eigenvalue weighted by Crippen LogP contribution is -2.65. The molecule has 7 heteroatoms. The number of allylic oxidation sites excluding steroid dienone is 4. The van der Waals surface area contributed by atoms with Crippen molar-refractivity contribution in [2.24, 2.45) is 11.3 Å². The largest absolute Gasteiger partial charge is 0.469 e. The molecule has 0 amide bonds. The molecular weight excluding hydrogens is 608 g/mol. The van der Waals surface area contributed by atoms with E-state index in [1.54, 1.807) is 0 Å². The third-order valence-electron chi connectivity index (χ3n) is 12.7. The first kappa shape index (κ1) is 32.9. The fourth-order valence-electron chi connectivity index (χ4n) is 10.7. The molecule has 1 N–H and O–H groups in total. The quantitative estimate of drug-likeness (QED) is 0.166. The van der Waals surface area contributed by atoms with E-state index in [0.29, 0.717) is 18.4 Å². The summed E-state index contributed by atoms with van der Waals surface area (Å²) in [6.45, 7) is 5.14. The number of fused-ring (bicyclic) bond motifs is 5. The zero-order valence-corrected chi connectivity index (χ0v) is 29.4. The molecule has 4 aliphatic heterocycles. The van der Waals surface area contributed by atoms with Gasteiger partial charge in [-0.2, -0.15) is 0 Å². The second-order valence-electron chi connectivity index (χ2n) is 15.5. The van der Waals surface area contributed by atoms with Crippen LogP contribution in [0.15, 0.2) is 66.9 Å². The molecule has 2 aromatic heterocycles. The Morgan fingerprint density at radius 3 is 2.71 bits per heavy atom. The number of ether oxygens (including phenoxy) is 1. The molecular formula is C42H54N4O3. The maximum atomic E-state index is 13.3. The molecule has 7 nitrogen and oxygen atoms in total. The topological polar surface area (TPSA) is 70.8 Å². The number of benzene rings is 1. The molecule has 260 valence electrons. The number of methoxy groups -OCH3 is 1. The van der Waals surface area contributed by atoms with Gasteiger partial charge in [0.05, 0.1) is 30.0 Å². The van der Waals surface area contributed by atoms with Crippen molar-refractivity contribution in [3.63, 3.8) is 0 Å². The summed E-state index contributed by atoms with van der Waals surface area (Å²) in [6.07, 6.45) is 27.0. The van der Waals surface area contributed by atoms with Crippen LogP contribution in [0.4, 0.5) is 0 Å². The third-order valence-corrected chi connectivity index (χ3v) is 12.7. The average Bonchev–Trinajstić information content (AvgIpc) is 3.59. The van der Waals surface area contributed by atoms with Gasteiger partial charge in [0.1, 0.15) is 0 Å². The Balaban J connectivity index is 1.31. The van der Waals surface area contributed by atoms with E-state index in [-0.39, 0.29) is 17.4 Å². The Bertz CT molecular complexity index is 1770. The maximum Gasteiger partial charge on any atom is 0.305 e. The van der Waals surface area contributed by atoms with Crippen LogP contribution < -0.4 is 0 Å². The Morgan fingerprint density at radius 2 is 1.82 bits per heavy atom. The Labute approximate surface area is 291 Å². The van der Waals surface area contributed by atoms with Crippen LogP contribution in [0.5, 0.6) is 0 Å². The second kappa shape index (κ2) is 13.8. The maximum absolute atomic E-state index is 13.3. The zero-order valence-electron chi connectivity index (χ0n) is 29.4. The summed E-state index contributed by atoms with van der Waals surface area (Å²) in [5.41, 5.74) is 3.67. The van der Waals surface area contributed by atoms with Gasteiger partial charge in [-0.3, -0.25) is 14.7 Å². The summed E-state index contributed by atoms with van der Waals surface area (Å²) in [6, 6.07) is 11.3. The predicted octanol–water partition coefficient (Wildman–Crippen LogP) is 7.67. The molecule has 5 aliphatic rings. The number of unbranched alkanes of at least 4 members (excludes halogenated alkanes) is 1. The molecule has 2 fully saturated rings. The number of aryl methyl sites for hydroxylation is 1. The molecule has 3 bridgehead atoms. The number of pyridine rings is 1. The van der Waals surface area contributed by atoms with Crippen molar-refractivity contribution in [3.05, 3.63) is 72.6 Å². The Morgan fingerprint density at radius 1 is 0.980 bits per heavy atom. The van der Waals surface area contributed by atoms with Crippen LogP contribution >= 0.6 is 0 Å². The van der Waals surface area contributed by atoms with Crippen molar-refractivity contribution < 1.29 is 14.6 Å². The van der Waals surface area contributed by atoms with Gasteiger partial charge in [0.15, 0.2) is 0 Å². The lowest BCUT2D eigenvalue weighted by atomic mass is 9.54. The van der Waals surface area contributed by atoms with Gasteiger partial charge in [-0.15, -0.1) is 0 Å². The highest BCUT2D eigenvalue weighted by molar-refractivity contribution is 6.10. The smallest absolute Gasteiger partial charge is 0.305 e. The first-order valence-corrected chi connectivity index (χ1v) is 19.2. The van der Waals surface area contributed by atoms with Crippen molar-refractivity contribution in [2.45, 2.75) is 108 Å². The van der Waals surface area contributed by atoms with Crippen LogP contribution in [0.1, 0.15) is 89.2 Å². The normalized spacial score (nSPS) is 33.3. The van der Waals surface area contributed by atoms with E-state index in [0.717, 1.165) is 89.8 Å². The minimum atomic E-state index is -0.962. The monoisotopic (exact) mass is 662 g/mol. The van der Waals surface area contributed by atoms with Crippen molar-refractivity contribution in [3.8, 4) is 0 Å². The average molecular weight is 663 g/mol. The van der Waals surface area contributed by atoms with Crippen LogP contribution in [-0.4, -0.2) is 81.4 Å². The van der Waals surface area contributed by atoms with Crippen molar-refractivity contribution in [1.29, 1.82) is 0 Å². The molecule has 6 atom stereocenters. The van der Waals surface area contributed by atoms with Crippen LogP contribution in [0.2, 0.25) is 0 Å². The summed E-state index contributed by atoms with van der Waals surface area (Å²) in [7, 11) is 1.47. The molecule has 1 aromatic carbocycles. The number of hydrogen-bond acceptors (Lipinski definition) is 6. The minimum absolute atomic E-state index is 0.0601. The minimum Gasteiger partial charge on any atom is -0.469 e. The van der Waals surface area contributed by atoms with Gasteiger partial charge in [-0.05, 0) is 126 Å². The number of carbonyl (C=O) groups is 1. The van der Waals surface area contributed by atoms with Crippen molar-refractivity contribution >= 4 is 33.3 Å². The van der Waals surface area contributed by atoms with Gasteiger partial charge in [-0.25, -0.2) is 0 Å². The molecule has 1 unspecified atom stereocenters. The Kier molecular flexibility index (Phi) is 9.27. The summed E-state index contributed by atoms with van der Waals surface area (Å²) in [4.78, 5) is 22.7. The molecule has 1 spiro atoms. The highest BCUT2D eigenvalue weighted by Crippen LogP contribution is 2.62. The summed E-state index contributed by atoms with van der Waals surface area (Å²) < 4.78 is 7.39. The van der Waals surface area contributed by atoms with Gasteiger partial charge in [0.25, 0.3) is 0 Å². The number of hydrogen-bond donors (Lipinski definition) is 1. The summed E-state index contributed by atoms with van der Waals surface area (Å²) >= 11 is 0. The predicted molar refractivity (Wildman–Crippen MR) is 197 cm³/mol.